The molecule has 2 aromatic rings. The lowest BCUT2D eigenvalue weighted by Crippen LogP contribution is -2.41. The van der Waals surface area contributed by atoms with Crippen molar-refractivity contribution < 1.29 is 9.21 Å². The first-order valence-corrected chi connectivity index (χ1v) is 8.47. The van der Waals surface area contributed by atoms with E-state index in [1.165, 1.54) is 4.88 Å². The molecule has 0 saturated heterocycles. The van der Waals surface area contributed by atoms with Gasteiger partial charge in [0, 0.05) is 10.4 Å². The Bertz CT molecular complexity index is 792. The van der Waals surface area contributed by atoms with Crippen LogP contribution in [0.4, 0.5) is 5.88 Å². The molecule has 128 valence electrons. The minimum absolute atomic E-state index is 0.0916. The Kier molecular flexibility index (Phi) is 5.11. The number of hydrogen-bond acceptors (Lipinski definition) is 6. The van der Waals surface area contributed by atoms with Gasteiger partial charge >= 0.3 is 0 Å². The van der Waals surface area contributed by atoms with Crippen molar-refractivity contribution in [3.63, 3.8) is 0 Å². The second kappa shape index (κ2) is 6.75. The third kappa shape index (κ3) is 3.66. The van der Waals surface area contributed by atoms with E-state index in [0.717, 1.165) is 16.3 Å². The van der Waals surface area contributed by atoms with Crippen molar-refractivity contribution in [3.05, 3.63) is 32.5 Å². The molecule has 0 radical (unpaired) electrons. The fourth-order valence-corrected chi connectivity index (χ4v) is 3.13. The van der Waals surface area contributed by atoms with Gasteiger partial charge < -0.3 is 4.42 Å². The topological polar surface area (TPSA) is 90.9 Å². The van der Waals surface area contributed by atoms with E-state index in [-0.39, 0.29) is 18.3 Å². The smallest absolute Gasteiger partial charge is 0.240 e. The Labute approximate surface area is 145 Å². The zero-order valence-corrected chi connectivity index (χ0v) is 15.6. The molecule has 0 aliphatic rings. The van der Waals surface area contributed by atoms with Crippen molar-refractivity contribution in [1.29, 1.82) is 5.26 Å². The number of thiazole rings is 1. The molecule has 7 heteroatoms. The van der Waals surface area contributed by atoms with E-state index in [4.69, 9.17) is 4.42 Å². The molecule has 2 N–H and O–H groups in total. The van der Waals surface area contributed by atoms with Crippen molar-refractivity contribution in [1.82, 2.24) is 10.3 Å². The lowest BCUT2D eigenvalue weighted by molar-refractivity contribution is -0.115. The highest BCUT2D eigenvalue weighted by Crippen LogP contribution is 2.27. The van der Waals surface area contributed by atoms with Crippen LogP contribution in [0.2, 0.25) is 0 Å². The summed E-state index contributed by atoms with van der Waals surface area (Å²) in [7, 11) is 0. The van der Waals surface area contributed by atoms with E-state index in [2.05, 4.69) is 21.7 Å². The van der Waals surface area contributed by atoms with Gasteiger partial charge in [-0.25, -0.2) is 4.98 Å². The van der Waals surface area contributed by atoms with E-state index >= 15 is 0 Å². The summed E-state index contributed by atoms with van der Waals surface area (Å²) >= 11 is 1.62. The van der Waals surface area contributed by atoms with Crippen LogP contribution in [0.3, 0.4) is 0 Å². The van der Waals surface area contributed by atoms with Crippen molar-refractivity contribution in [2.75, 3.05) is 11.9 Å². The Morgan fingerprint density at radius 3 is 2.54 bits per heavy atom. The number of nitrogens with one attached hydrogen (secondary N) is 2. The predicted octanol–water partition coefficient (Wildman–Crippen LogP) is 3.30. The number of aromatic nitrogens is 1. The molecule has 2 rings (SSSR count). The third-order valence-corrected chi connectivity index (χ3v) is 5.40. The summed E-state index contributed by atoms with van der Waals surface area (Å²) in [6.07, 6.45) is 0. The Balaban J connectivity index is 2.03. The fraction of sp³-hybridized carbons (Fsp3) is 0.471. The Hall–Kier alpha value is -2.17. The van der Waals surface area contributed by atoms with E-state index in [9.17, 15) is 10.1 Å². The minimum atomic E-state index is -0.423. The normalized spacial score (nSPS) is 11.4. The number of hydrogen-bond donors (Lipinski definition) is 2. The summed E-state index contributed by atoms with van der Waals surface area (Å²) in [6.45, 7) is 11.6. The molecular formula is C17H22N4O2S. The zero-order valence-electron chi connectivity index (χ0n) is 14.8. The van der Waals surface area contributed by atoms with Gasteiger partial charge in [0.1, 0.15) is 22.4 Å². The van der Waals surface area contributed by atoms with Gasteiger partial charge in [-0.05, 0) is 41.5 Å². The van der Waals surface area contributed by atoms with E-state index in [1.54, 1.807) is 25.2 Å². The van der Waals surface area contributed by atoms with Crippen LogP contribution in [-0.4, -0.2) is 17.4 Å². The monoisotopic (exact) mass is 346 g/mol. The highest BCUT2D eigenvalue weighted by atomic mass is 32.1. The lowest BCUT2D eigenvalue weighted by atomic mass is 10.1. The van der Waals surface area contributed by atoms with Crippen LogP contribution in [0.15, 0.2) is 4.42 Å². The zero-order chi connectivity index (χ0) is 18.1. The molecule has 24 heavy (non-hydrogen) atoms. The summed E-state index contributed by atoms with van der Waals surface area (Å²) in [6, 6.07) is 2.06. The van der Waals surface area contributed by atoms with Gasteiger partial charge in [-0.15, -0.1) is 11.3 Å². The summed E-state index contributed by atoms with van der Waals surface area (Å²) in [5.74, 6) is 0.570. The number of carbonyl (C=O) groups excluding carboxylic acids is 1. The van der Waals surface area contributed by atoms with E-state index < -0.39 is 5.54 Å². The number of carbonyl (C=O) groups is 1. The van der Waals surface area contributed by atoms with E-state index in [1.807, 2.05) is 27.7 Å². The fourth-order valence-electron chi connectivity index (χ4n) is 2.14. The second-order valence-electron chi connectivity index (χ2n) is 6.29. The van der Waals surface area contributed by atoms with Gasteiger partial charge in [0.05, 0.1) is 17.8 Å². The van der Waals surface area contributed by atoms with Gasteiger partial charge in [0.15, 0.2) is 0 Å². The number of aryl methyl sites for hydroxylation is 3. The number of anilines is 1. The largest absolute Gasteiger partial charge is 0.444 e. The highest BCUT2D eigenvalue weighted by molar-refractivity contribution is 7.11. The molecule has 2 heterocycles. The van der Waals surface area contributed by atoms with Crippen LogP contribution in [0, 0.1) is 39.0 Å². The van der Waals surface area contributed by atoms with Crippen LogP contribution >= 0.6 is 11.3 Å². The number of rotatable bonds is 5. The van der Waals surface area contributed by atoms with Crippen molar-refractivity contribution in [2.45, 2.75) is 47.1 Å². The summed E-state index contributed by atoms with van der Waals surface area (Å²) < 4.78 is 5.45. The number of nitrogens with zero attached hydrogens (tertiary/aromatic N) is 2. The maximum atomic E-state index is 12.2. The van der Waals surface area contributed by atoms with Crippen molar-refractivity contribution in [3.8, 4) is 6.07 Å². The molecule has 2 aromatic heterocycles. The standard InChI is InChI=1S/C17H22N4O2S/c1-9-11(3)23-15(13(9)7-18)21-14(22)8-19-17(5,6)16-20-10(2)12(4)24-16/h19H,8H2,1-6H3,(H,21,22). The van der Waals surface area contributed by atoms with Crippen LogP contribution in [0.25, 0.3) is 0 Å². The maximum Gasteiger partial charge on any atom is 0.240 e. The first-order valence-electron chi connectivity index (χ1n) is 7.65. The van der Waals surface area contributed by atoms with Crippen LogP contribution in [0.1, 0.15) is 46.3 Å². The van der Waals surface area contributed by atoms with Gasteiger partial charge in [-0.3, -0.25) is 15.4 Å². The average Bonchev–Trinajstić information content (AvgIpc) is 2.98. The molecule has 0 unspecified atom stereocenters. The quantitative estimate of drug-likeness (QED) is 0.867. The van der Waals surface area contributed by atoms with Crippen LogP contribution in [0.5, 0.6) is 0 Å². The predicted molar refractivity (Wildman–Crippen MR) is 94.1 cm³/mol. The molecule has 0 fully saturated rings. The molecule has 0 aliphatic heterocycles. The van der Waals surface area contributed by atoms with Crippen molar-refractivity contribution in [2.24, 2.45) is 0 Å². The number of nitriles is 1. The second-order valence-corrected chi connectivity index (χ2v) is 7.49. The van der Waals surface area contributed by atoms with Gasteiger partial charge in [0.2, 0.25) is 11.8 Å². The van der Waals surface area contributed by atoms with E-state index in [0.29, 0.717) is 11.3 Å². The first-order chi connectivity index (χ1) is 11.2. The lowest BCUT2D eigenvalue weighted by Gasteiger charge is -2.23. The summed E-state index contributed by atoms with van der Waals surface area (Å²) in [5.41, 5.74) is 1.70. The first kappa shape index (κ1) is 18.2. The molecule has 0 spiro atoms. The maximum absolute atomic E-state index is 12.2. The molecule has 0 aromatic carbocycles. The summed E-state index contributed by atoms with van der Waals surface area (Å²) in [5, 5.41) is 16.0. The Morgan fingerprint density at radius 2 is 2.00 bits per heavy atom. The molecule has 0 saturated carbocycles. The molecule has 0 bridgehead atoms. The summed E-state index contributed by atoms with van der Waals surface area (Å²) in [4.78, 5) is 17.9. The average molecular weight is 346 g/mol. The highest BCUT2D eigenvalue weighted by Gasteiger charge is 2.26. The van der Waals surface area contributed by atoms with Crippen LogP contribution in [-0.2, 0) is 10.3 Å². The van der Waals surface area contributed by atoms with Gasteiger partial charge in [-0.1, -0.05) is 0 Å². The molecular weight excluding hydrogens is 324 g/mol. The SMILES string of the molecule is Cc1nc(C(C)(C)NCC(=O)Nc2oc(C)c(C)c2C#N)sc1C. The van der Waals surface area contributed by atoms with Gasteiger partial charge in [-0.2, -0.15) is 5.26 Å². The third-order valence-electron chi connectivity index (χ3n) is 4.00. The van der Waals surface area contributed by atoms with Crippen LogP contribution < -0.4 is 10.6 Å². The number of furan rings is 1. The molecule has 0 aliphatic carbocycles. The minimum Gasteiger partial charge on any atom is -0.444 e. The van der Waals surface area contributed by atoms with Gasteiger partial charge in [0.25, 0.3) is 0 Å². The number of amides is 1. The molecule has 0 atom stereocenters. The van der Waals surface area contributed by atoms with Crippen molar-refractivity contribution >= 4 is 23.1 Å². The Morgan fingerprint density at radius 1 is 1.33 bits per heavy atom. The molecule has 6 nitrogen and oxygen atoms in total. The molecule has 1 amide bonds.